The molecular formula is C33H43ClN6O4. The molecule has 1 unspecified atom stereocenters. The van der Waals surface area contributed by atoms with Crippen molar-refractivity contribution in [3.63, 3.8) is 0 Å². The van der Waals surface area contributed by atoms with Crippen LogP contribution in [0.4, 0.5) is 11.4 Å². The highest BCUT2D eigenvalue weighted by molar-refractivity contribution is 6.05. The minimum absolute atomic E-state index is 0. The Kier molecular flexibility index (Phi) is 12.3. The largest absolute Gasteiger partial charge is 0.374 e. The predicted octanol–water partition coefficient (Wildman–Crippen LogP) is 3.36. The van der Waals surface area contributed by atoms with E-state index in [2.05, 4.69) is 34.4 Å². The lowest BCUT2D eigenvalue weighted by Crippen LogP contribution is -2.60. The molecule has 4 N–H and O–H groups in total. The summed E-state index contributed by atoms with van der Waals surface area (Å²) in [4.78, 5) is 48.9. The van der Waals surface area contributed by atoms with Gasteiger partial charge in [-0.1, -0.05) is 48.5 Å². The van der Waals surface area contributed by atoms with Crippen molar-refractivity contribution < 1.29 is 19.1 Å². The zero-order valence-corrected chi connectivity index (χ0v) is 26.6. The van der Waals surface area contributed by atoms with Crippen LogP contribution < -0.4 is 26.2 Å². The third kappa shape index (κ3) is 8.56. The summed E-state index contributed by atoms with van der Waals surface area (Å²) < 4.78 is 5.83. The quantitative estimate of drug-likeness (QED) is 0.267. The molecule has 4 rings (SSSR count). The standard InChI is InChI=1S/C33H42N6O4.ClH/c1-5-38(6-2)28-17-12-15-24-19-26(31(41)39(29(24)28)20-25-16-10-11-18-35-25)36-30(40)27(37-32(42)33(3,4)34)22-43-21-23-13-8-7-9-14-23;/h7-18,26-27H,5-6,19-22,34H2,1-4H3,(H,36,40)(H,37,42);1H/t26?,27-;/m1./s1. The molecule has 3 aromatic rings. The minimum atomic E-state index is -1.21. The lowest BCUT2D eigenvalue weighted by atomic mass is 9.94. The van der Waals surface area contributed by atoms with Gasteiger partial charge in [-0.3, -0.25) is 19.4 Å². The molecule has 2 aromatic carbocycles. The predicted molar refractivity (Wildman–Crippen MR) is 175 cm³/mol. The Morgan fingerprint density at radius 2 is 1.77 bits per heavy atom. The first-order valence-corrected chi connectivity index (χ1v) is 14.7. The van der Waals surface area contributed by atoms with E-state index in [1.54, 1.807) is 24.9 Å². The molecular weight excluding hydrogens is 580 g/mol. The van der Waals surface area contributed by atoms with E-state index in [9.17, 15) is 14.4 Å². The molecule has 0 fully saturated rings. The van der Waals surface area contributed by atoms with E-state index in [0.29, 0.717) is 6.42 Å². The maximum atomic E-state index is 14.1. The van der Waals surface area contributed by atoms with Crippen LogP contribution in [0.3, 0.4) is 0 Å². The summed E-state index contributed by atoms with van der Waals surface area (Å²) in [5.74, 6) is -1.28. The average Bonchev–Trinajstić information content (AvgIpc) is 2.99. The maximum absolute atomic E-state index is 14.1. The lowest BCUT2D eigenvalue weighted by Gasteiger charge is -2.38. The smallest absolute Gasteiger partial charge is 0.250 e. The number of ether oxygens (including phenoxy) is 1. The molecule has 10 nitrogen and oxygen atoms in total. The van der Waals surface area contributed by atoms with E-state index in [4.69, 9.17) is 10.5 Å². The van der Waals surface area contributed by atoms with Crippen LogP contribution in [0, 0.1) is 0 Å². The minimum Gasteiger partial charge on any atom is -0.374 e. The fourth-order valence-corrected chi connectivity index (χ4v) is 5.07. The summed E-state index contributed by atoms with van der Waals surface area (Å²) in [5.41, 5.74) is 9.18. The van der Waals surface area contributed by atoms with Crippen molar-refractivity contribution in [1.82, 2.24) is 15.6 Å². The molecule has 3 amide bonds. The van der Waals surface area contributed by atoms with Crippen LogP contribution in [0.5, 0.6) is 0 Å². The van der Waals surface area contributed by atoms with Gasteiger partial charge < -0.3 is 30.9 Å². The van der Waals surface area contributed by atoms with Gasteiger partial charge in [0, 0.05) is 25.7 Å². The number of benzene rings is 2. The van der Waals surface area contributed by atoms with E-state index >= 15 is 0 Å². The third-order valence-electron chi connectivity index (χ3n) is 7.43. The number of carbonyl (C=O) groups excluding carboxylic acids is 3. The highest BCUT2D eigenvalue weighted by Crippen LogP contribution is 2.38. The SMILES string of the molecule is CCN(CC)c1cccc2c1N(Cc1ccccn1)C(=O)C(NC(=O)[C@@H](COCc1ccccc1)NC(=O)C(C)(C)N)C2.Cl. The normalized spacial score (nSPS) is 15.1. The second-order valence-corrected chi connectivity index (χ2v) is 11.2. The van der Waals surface area contributed by atoms with E-state index in [1.807, 2.05) is 66.7 Å². The van der Waals surface area contributed by atoms with Crippen molar-refractivity contribution in [1.29, 1.82) is 0 Å². The number of halogens is 1. The van der Waals surface area contributed by atoms with Crippen molar-refractivity contribution in [2.45, 2.75) is 64.9 Å². The maximum Gasteiger partial charge on any atom is 0.250 e. The molecule has 1 aromatic heterocycles. The number of fused-ring (bicyclic) bond motifs is 1. The number of para-hydroxylation sites is 1. The molecule has 0 spiro atoms. The molecule has 2 heterocycles. The molecule has 2 atom stereocenters. The Balaban J connectivity index is 0.00000529. The van der Waals surface area contributed by atoms with Gasteiger partial charge in [0.2, 0.25) is 17.7 Å². The summed E-state index contributed by atoms with van der Waals surface area (Å²) in [6.45, 7) is 9.25. The van der Waals surface area contributed by atoms with Gasteiger partial charge in [0.15, 0.2) is 0 Å². The second kappa shape index (κ2) is 15.7. The average molecular weight is 623 g/mol. The lowest BCUT2D eigenvalue weighted by molar-refractivity contribution is -0.134. The number of aromatic nitrogens is 1. The zero-order chi connectivity index (χ0) is 31.0. The van der Waals surface area contributed by atoms with Crippen LogP contribution in [-0.4, -0.2) is 60.0 Å². The first kappa shape index (κ1) is 34.5. The van der Waals surface area contributed by atoms with Crippen molar-refractivity contribution >= 4 is 41.5 Å². The summed E-state index contributed by atoms with van der Waals surface area (Å²) >= 11 is 0. The zero-order valence-electron chi connectivity index (χ0n) is 25.8. The molecule has 0 aliphatic carbocycles. The Bertz CT molecular complexity index is 1400. The van der Waals surface area contributed by atoms with Crippen molar-refractivity contribution in [3.8, 4) is 0 Å². The number of rotatable bonds is 13. The monoisotopic (exact) mass is 622 g/mol. The number of carbonyl (C=O) groups is 3. The summed E-state index contributed by atoms with van der Waals surface area (Å²) in [6, 6.07) is 19.2. The van der Waals surface area contributed by atoms with E-state index < -0.39 is 29.4 Å². The van der Waals surface area contributed by atoms with E-state index in [1.165, 1.54) is 0 Å². The van der Waals surface area contributed by atoms with Gasteiger partial charge in [0.05, 0.1) is 42.4 Å². The second-order valence-electron chi connectivity index (χ2n) is 11.2. The fourth-order valence-electron chi connectivity index (χ4n) is 5.07. The molecule has 1 aliphatic heterocycles. The van der Waals surface area contributed by atoms with Gasteiger partial charge in [-0.15, -0.1) is 12.4 Å². The van der Waals surface area contributed by atoms with Gasteiger partial charge in [-0.05, 0) is 57.0 Å². The van der Waals surface area contributed by atoms with E-state index in [0.717, 1.165) is 41.3 Å². The van der Waals surface area contributed by atoms with Crippen LogP contribution in [0.1, 0.15) is 44.5 Å². The van der Waals surface area contributed by atoms with Gasteiger partial charge in [-0.25, -0.2) is 0 Å². The highest BCUT2D eigenvalue weighted by Gasteiger charge is 2.38. The van der Waals surface area contributed by atoms with Gasteiger partial charge in [0.1, 0.15) is 12.1 Å². The molecule has 0 saturated carbocycles. The van der Waals surface area contributed by atoms with E-state index in [-0.39, 0.29) is 38.1 Å². The van der Waals surface area contributed by atoms with Crippen molar-refractivity contribution in [2.24, 2.45) is 5.73 Å². The highest BCUT2D eigenvalue weighted by atomic mass is 35.5. The van der Waals surface area contributed by atoms with Gasteiger partial charge >= 0.3 is 0 Å². The van der Waals surface area contributed by atoms with Crippen LogP contribution in [0.15, 0.2) is 72.9 Å². The molecule has 11 heteroatoms. The number of nitrogens with zero attached hydrogens (tertiary/aromatic N) is 3. The number of amides is 3. The molecule has 1 aliphatic rings. The number of hydrogen-bond acceptors (Lipinski definition) is 7. The topological polar surface area (TPSA) is 130 Å². The number of nitrogens with one attached hydrogen (secondary N) is 2. The molecule has 236 valence electrons. The first-order chi connectivity index (χ1) is 20.6. The van der Waals surface area contributed by atoms with Crippen molar-refractivity contribution in [3.05, 3.63) is 89.7 Å². The van der Waals surface area contributed by atoms with Gasteiger partial charge in [0.25, 0.3) is 0 Å². The van der Waals surface area contributed by atoms with Crippen LogP contribution in [0.25, 0.3) is 0 Å². The molecule has 0 saturated heterocycles. The Morgan fingerprint density at radius 3 is 2.41 bits per heavy atom. The Hall–Kier alpha value is -3.99. The van der Waals surface area contributed by atoms with Crippen molar-refractivity contribution in [2.75, 3.05) is 29.5 Å². The molecule has 0 radical (unpaired) electrons. The number of anilines is 2. The number of hydrogen-bond donors (Lipinski definition) is 3. The number of pyridine rings is 1. The number of nitrogens with two attached hydrogens (primary N) is 1. The van der Waals surface area contributed by atoms with Crippen LogP contribution in [0.2, 0.25) is 0 Å². The Morgan fingerprint density at radius 1 is 1.07 bits per heavy atom. The van der Waals surface area contributed by atoms with Crippen LogP contribution >= 0.6 is 12.4 Å². The van der Waals surface area contributed by atoms with Crippen LogP contribution in [-0.2, 0) is 38.7 Å². The summed E-state index contributed by atoms with van der Waals surface area (Å²) in [7, 11) is 0. The van der Waals surface area contributed by atoms with Gasteiger partial charge in [-0.2, -0.15) is 0 Å². The third-order valence-corrected chi connectivity index (χ3v) is 7.43. The first-order valence-electron chi connectivity index (χ1n) is 14.7. The fraction of sp³-hybridized carbons (Fsp3) is 0.394. The summed E-state index contributed by atoms with van der Waals surface area (Å²) in [6.07, 6.45) is 2.00. The molecule has 0 bridgehead atoms. The molecule has 44 heavy (non-hydrogen) atoms. The Labute approximate surface area is 265 Å². The summed E-state index contributed by atoms with van der Waals surface area (Å²) in [5, 5.41) is 5.62.